The molecule has 1 amide bonds. The van der Waals surface area contributed by atoms with E-state index in [-0.39, 0.29) is 23.9 Å². The highest BCUT2D eigenvalue weighted by Gasteiger charge is 2.34. The molecular weight excluding hydrogens is 405 g/mol. The number of hydrogen-bond donors (Lipinski definition) is 0. The van der Waals surface area contributed by atoms with Gasteiger partial charge < -0.3 is 4.90 Å². The first-order valence-corrected chi connectivity index (χ1v) is 11.7. The molecule has 0 spiro atoms. The summed E-state index contributed by atoms with van der Waals surface area (Å²) in [6.07, 6.45) is 0. The average molecular weight is 434 g/mol. The molecular formula is C22H28FN3O3S. The Morgan fingerprint density at radius 1 is 1.00 bits per heavy atom. The molecule has 0 bridgehead atoms. The lowest BCUT2D eigenvalue weighted by Crippen LogP contribution is -2.53. The number of likely N-dealkylation sites (N-methyl/N-ethyl adjacent to an activating group) is 1. The molecule has 0 radical (unpaired) electrons. The molecule has 1 atom stereocenters. The van der Waals surface area contributed by atoms with Gasteiger partial charge in [0, 0.05) is 26.2 Å². The van der Waals surface area contributed by atoms with Gasteiger partial charge in [0.1, 0.15) is 11.9 Å². The number of piperazine rings is 1. The summed E-state index contributed by atoms with van der Waals surface area (Å²) in [6, 6.07) is 14.3. The van der Waals surface area contributed by atoms with Gasteiger partial charge in [-0.25, -0.2) is 12.8 Å². The molecule has 1 saturated heterocycles. The zero-order chi connectivity index (χ0) is 21.7. The van der Waals surface area contributed by atoms with E-state index < -0.39 is 21.9 Å². The molecule has 2 aromatic rings. The molecule has 0 aromatic heterocycles. The van der Waals surface area contributed by atoms with E-state index in [0.717, 1.165) is 24.7 Å². The van der Waals surface area contributed by atoms with Crippen LogP contribution in [0.5, 0.6) is 0 Å². The molecule has 1 aliphatic rings. The van der Waals surface area contributed by atoms with Crippen LogP contribution in [0.3, 0.4) is 0 Å². The van der Waals surface area contributed by atoms with Crippen LogP contribution in [0.15, 0.2) is 59.5 Å². The number of nitrogens with zero attached hydrogens (tertiary/aromatic N) is 3. The Bertz CT molecular complexity index is 957. The predicted molar refractivity (Wildman–Crippen MR) is 114 cm³/mol. The van der Waals surface area contributed by atoms with Crippen molar-refractivity contribution in [3.63, 3.8) is 0 Å². The maximum Gasteiger partial charge on any atom is 0.244 e. The summed E-state index contributed by atoms with van der Waals surface area (Å²) >= 11 is 0. The summed E-state index contributed by atoms with van der Waals surface area (Å²) in [6.45, 7) is 6.49. The van der Waals surface area contributed by atoms with E-state index in [2.05, 4.69) is 4.90 Å². The summed E-state index contributed by atoms with van der Waals surface area (Å²) in [5.74, 6) is -0.609. The van der Waals surface area contributed by atoms with Crippen LogP contribution in [0.25, 0.3) is 0 Å². The second-order valence-electron chi connectivity index (χ2n) is 7.22. The minimum Gasteiger partial charge on any atom is -0.338 e. The molecule has 1 fully saturated rings. The first kappa shape index (κ1) is 22.4. The normalized spacial score (nSPS) is 16.6. The maximum atomic E-state index is 13.5. The van der Waals surface area contributed by atoms with Gasteiger partial charge in [0.05, 0.1) is 4.90 Å². The molecule has 162 valence electrons. The van der Waals surface area contributed by atoms with Crippen molar-refractivity contribution in [3.05, 3.63) is 66.0 Å². The fourth-order valence-electron chi connectivity index (χ4n) is 3.83. The Morgan fingerprint density at radius 3 is 2.20 bits per heavy atom. The highest BCUT2D eigenvalue weighted by Crippen LogP contribution is 2.25. The Kier molecular flexibility index (Phi) is 7.23. The molecule has 30 heavy (non-hydrogen) atoms. The van der Waals surface area contributed by atoms with Crippen LogP contribution in [-0.2, 0) is 14.8 Å². The monoisotopic (exact) mass is 433 g/mol. The topological polar surface area (TPSA) is 60.9 Å². The fourth-order valence-corrected chi connectivity index (χ4v) is 5.29. The molecule has 0 saturated carbocycles. The van der Waals surface area contributed by atoms with E-state index >= 15 is 0 Å². The van der Waals surface area contributed by atoms with Crippen molar-refractivity contribution < 1.29 is 17.6 Å². The molecule has 0 aliphatic carbocycles. The van der Waals surface area contributed by atoms with Gasteiger partial charge in [0.2, 0.25) is 15.9 Å². The number of halogens is 1. The molecule has 0 N–H and O–H groups in total. The summed E-state index contributed by atoms with van der Waals surface area (Å²) in [5.41, 5.74) is 0.931. The molecule has 1 aliphatic heterocycles. The van der Waals surface area contributed by atoms with E-state index in [1.54, 1.807) is 4.90 Å². The van der Waals surface area contributed by atoms with E-state index in [1.807, 2.05) is 44.2 Å². The third-order valence-electron chi connectivity index (χ3n) is 5.51. The van der Waals surface area contributed by atoms with Crippen LogP contribution in [0, 0.1) is 5.82 Å². The Hall–Kier alpha value is -2.29. The second-order valence-corrected chi connectivity index (χ2v) is 9.16. The summed E-state index contributed by atoms with van der Waals surface area (Å²) < 4.78 is 40.4. The van der Waals surface area contributed by atoms with Crippen molar-refractivity contribution >= 4 is 15.9 Å². The molecule has 3 rings (SSSR count). The van der Waals surface area contributed by atoms with Crippen LogP contribution in [0.1, 0.15) is 25.5 Å². The minimum absolute atomic E-state index is 0.0206. The first-order chi connectivity index (χ1) is 14.4. The number of amides is 1. The molecule has 1 heterocycles. The zero-order valence-corrected chi connectivity index (χ0v) is 18.2. The van der Waals surface area contributed by atoms with E-state index in [4.69, 9.17) is 0 Å². The quantitative estimate of drug-likeness (QED) is 0.674. The van der Waals surface area contributed by atoms with Crippen LogP contribution in [0.4, 0.5) is 4.39 Å². The summed E-state index contributed by atoms with van der Waals surface area (Å²) in [7, 11) is -3.79. The summed E-state index contributed by atoms with van der Waals surface area (Å²) in [5, 5.41) is 0. The number of benzene rings is 2. The predicted octanol–water partition coefficient (Wildman–Crippen LogP) is 2.74. The maximum absolute atomic E-state index is 13.5. The van der Waals surface area contributed by atoms with Crippen LogP contribution in [0.2, 0.25) is 0 Å². The lowest BCUT2D eigenvalue weighted by molar-refractivity contribution is -0.138. The van der Waals surface area contributed by atoms with Crippen molar-refractivity contribution in [2.75, 3.05) is 39.3 Å². The van der Waals surface area contributed by atoms with Gasteiger partial charge in [0.15, 0.2) is 0 Å². The first-order valence-electron chi connectivity index (χ1n) is 10.2. The summed E-state index contributed by atoms with van der Waals surface area (Å²) in [4.78, 5) is 17.2. The van der Waals surface area contributed by atoms with Crippen molar-refractivity contribution in [1.29, 1.82) is 0 Å². The lowest BCUT2D eigenvalue weighted by Gasteiger charge is -2.38. The zero-order valence-electron chi connectivity index (χ0n) is 17.4. The Labute approximate surface area is 177 Å². The standard InChI is InChI=1S/C22H28FN3O3S/c1-3-24(4-2)21(18-9-6-5-7-10-18)22(27)25-13-15-26(16-14-25)30(28,29)20-12-8-11-19(23)17-20/h5-12,17,21H,3-4,13-16H2,1-2H3. The van der Waals surface area contributed by atoms with Crippen LogP contribution < -0.4 is 0 Å². The average Bonchev–Trinajstić information content (AvgIpc) is 2.77. The third kappa shape index (κ3) is 4.71. The second kappa shape index (κ2) is 9.68. The lowest BCUT2D eigenvalue weighted by atomic mass is 10.0. The van der Waals surface area contributed by atoms with Crippen molar-refractivity contribution in [3.8, 4) is 0 Å². The number of hydrogen-bond acceptors (Lipinski definition) is 4. The van der Waals surface area contributed by atoms with Crippen molar-refractivity contribution in [2.45, 2.75) is 24.8 Å². The van der Waals surface area contributed by atoms with Gasteiger partial charge in [-0.05, 0) is 36.9 Å². The number of sulfonamides is 1. The number of carbonyl (C=O) groups excluding carboxylic acids is 1. The number of rotatable bonds is 7. The van der Waals surface area contributed by atoms with Crippen LogP contribution >= 0.6 is 0 Å². The van der Waals surface area contributed by atoms with Gasteiger partial charge >= 0.3 is 0 Å². The van der Waals surface area contributed by atoms with Crippen LogP contribution in [-0.4, -0.2) is 67.7 Å². The fraction of sp³-hybridized carbons (Fsp3) is 0.409. The highest BCUT2D eigenvalue weighted by atomic mass is 32.2. The molecule has 2 aromatic carbocycles. The number of carbonyl (C=O) groups is 1. The Morgan fingerprint density at radius 2 is 1.63 bits per heavy atom. The van der Waals surface area contributed by atoms with E-state index in [9.17, 15) is 17.6 Å². The molecule has 6 nitrogen and oxygen atoms in total. The SMILES string of the molecule is CCN(CC)C(C(=O)N1CCN(S(=O)(=O)c2cccc(F)c2)CC1)c1ccccc1. The largest absolute Gasteiger partial charge is 0.338 e. The van der Waals surface area contributed by atoms with Crippen molar-refractivity contribution in [1.82, 2.24) is 14.1 Å². The van der Waals surface area contributed by atoms with Crippen molar-refractivity contribution in [2.24, 2.45) is 0 Å². The van der Waals surface area contributed by atoms with Gasteiger partial charge in [-0.3, -0.25) is 9.69 Å². The van der Waals surface area contributed by atoms with Gasteiger partial charge in [-0.2, -0.15) is 4.31 Å². The highest BCUT2D eigenvalue weighted by molar-refractivity contribution is 7.89. The molecule has 1 unspecified atom stereocenters. The van der Waals surface area contributed by atoms with Gasteiger partial charge in [-0.1, -0.05) is 50.2 Å². The van der Waals surface area contributed by atoms with E-state index in [0.29, 0.717) is 13.1 Å². The van der Waals surface area contributed by atoms with E-state index in [1.165, 1.54) is 22.5 Å². The molecule has 8 heteroatoms. The minimum atomic E-state index is -3.79. The van der Waals surface area contributed by atoms with Gasteiger partial charge in [0.25, 0.3) is 0 Å². The smallest absolute Gasteiger partial charge is 0.244 e. The van der Waals surface area contributed by atoms with Gasteiger partial charge in [-0.15, -0.1) is 0 Å². The third-order valence-corrected chi connectivity index (χ3v) is 7.41. The Balaban J connectivity index is 1.75.